The Morgan fingerprint density at radius 2 is 2.19 bits per heavy atom. The SMILES string of the molecule is Cc1cccc(C(=O)NCCCCO)c1I. The molecule has 0 aliphatic heterocycles. The van der Waals surface area contributed by atoms with Crippen molar-refractivity contribution in [2.75, 3.05) is 13.2 Å². The summed E-state index contributed by atoms with van der Waals surface area (Å²) in [5.41, 5.74) is 1.84. The van der Waals surface area contributed by atoms with Gasteiger partial charge in [0.25, 0.3) is 5.91 Å². The molecule has 2 N–H and O–H groups in total. The van der Waals surface area contributed by atoms with Crippen molar-refractivity contribution in [3.63, 3.8) is 0 Å². The third-order valence-corrected chi connectivity index (χ3v) is 3.74. The molecule has 0 fully saturated rings. The van der Waals surface area contributed by atoms with Gasteiger partial charge < -0.3 is 10.4 Å². The van der Waals surface area contributed by atoms with Gasteiger partial charge in [0.2, 0.25) is 0 Å². The van der Waals surface area contributed by atoms with Gasteiger partial charge in [-0.1, -0.05) is 12.1 Å². The van der Waals surface area contributed by atoms with Crippen LogP contribution in [0.1, 0.15) is 28.8 Å². The van der Waals surface area contributed by atoms with E-state index in [1.807, 2.05) is 25.1 Å². The van der Waals surface area contributed by atoms with Crippen LogP contribution in [0.3, 0.4) is 0 Å². The van der Waals surface area contributed by atoms with Gasteiger partial charge in [-0.15, -0.1) is 0 Å². The average molecular weight is 333 g/mol. The maximum absolute atomic E-state index is 11.8. The van der Waals surface area contributed by atoms with Gasteiger partial charge in [-0.2, -0.15) is 0 Å². The van der Waals surface area contributed by atoms with E-state index in [0.29, 0.717) is 6.54 Å². The minimum absolute atomic E-state index is 0.0361. The van der Waals surface area contributed by atoms with E-state index in [9.17, 15) is 4.79 Å². The second-order valence-electron chi connectivity index (χ2n) is 3.62. The molecule has 0 aromatic heterocycles. The summed E-state index contributed by atoms with van der Waals surface area (Å²) < 4.78 is 1.000. The van der Waals surface area contributed by atoms with Gasteiger partial charge in [0.1, 0.15) is 0 Å². The zero-order chi connectivity index (χ0) is 12.0. The highest BCUT2D eigenvalue weighted by Gasteiger charge is 2.09. The van der Waals surface area contributed by atoms with Crippen LogP contribution in [0.5, 0.6) is 0 Å². The number of hydrogen-bond acceptors (Lipinski definition) is 2. The van der Waals surface area contributed by atoms with Crippen molar-refractivity contribution >= 4 is 28.5 Å². The molecule has 0 saturated heterocycles. The predicted molar refractivity (Wildman–Crippen MR) is 72.5 cm³/mol. The number of nitrogens with one attached hydrogen (secondary N) is 1. The maximum atomic E-state index is 11.8. The Labute approximate surface area is 109 Å². The molecule has 0 aliphatic carbocycles. The monoisotopic (exact) mass is 333 g/mol. The fraction of sp³-hybridized carbons (Fsp3) is 0.417. The van der Waals surface area contributed by atoms with Crippen LogP contribution >= 0.6 is 22.6 Å². The molecular formula is C12H16INO2. The molecule has 16 heavy (non-hydrogen) atoms. The summed E-state index contributed by atoms with van der Waals surface area (Å²) in [6.07, 6.45) is 1.54. The predicted octanol–water partition coefficient (Wildman–Crippen LogP) is 2.10. The Hall–Kier alpha value is -0.620. The first-order valence-electron chi connectivity index (χ1n) is 5.31. The second-order valence-corrected chi connectivity index (χ2v) is 4.70. The maximum Gasteiger partial charge on any atom is 0.252 e. The highest BCUT2D eigenvalue weighted by Crippen LogP contribution is 2.16. The van der Waals surface area contributed by atoms with E-state index in [4.69, 9.17) is 5.11 Å². The van der Waals surface area contributed by atoms with Crippen molar-refractivity contribution in [3.05, 3.63) is 32.9 Å². The molecule has 0 saturated carbocycles. The molecule has 0 aliphatic rings. The highest BCUT2D eigenvalue weighted by molar-refractivity contribution is 14.1. The van der Waals surface area contributed by atoms with Crippen LogP contribution in [0, 0.1) is 10.5 Å². The fourth-order valence-corrected chi connectivity index (χ4v) is 1.96. The van der Waals surface area contributed by atoms with Gasteiger partial charge in [-0.05, 0) is 54.0 Å². The molecule has 3 nitrogen and oxygen atoms in total. The number of hydrogen-bond donors (Lipinski definition) is 2. The smallest absolute Gasteiger partial charge is 0.252 e. The van der Waals surface area contributed by atoms with Gasteiger partial charge >= 0.3 is 0 Å². The summed E-state index contributed by atoms with van der Waals surface area (Å²) in [4.78, 5) is 11.8. The van der Waals surface area contributed by atoms with Crippen molar-refractivity contribution in [3.8, 4) is 0 Å². The molecule has 4 heteroatoms. The third kappa shape index (κ3) is 3.75. The lowest BCUT2D eigenvalue weighted by atomic mass is 10.1. The summed E-state index contributed by atoms with van der Waals surface area (Å²) in [5, 5.41) is 11.5. The number of carbonyl (C=O) groups is 1. The van der Waals surface area contributed by atoms with Crippen molar-refractivity contribution < 1.29 is 9.90 Å². The van der Waals surface area contributed by atoms with Crippen LogP contribution in [0.2, 0.25) is 0 Å². The standard InChI is InChI=1S/C12H16INO2/c1-9-5-4-6-10(11(9)13)12(16)14-7-2-3-8-15/h4-6,15H,2-3,7-8H2,1H3,(H,14,16). The highest BCUT2D eigenvalue weighted by atomic mass is 127. The Balaban J connectivity index is 2.56. The Kier molecular flexibility index (Phi) is 5.76. The molecule has 0 heterocycles. The number of aliphatic hydroxyl groups is 1. The zero-order valence-electron chi connectivity index (χ0n) is 9.29. The van der Waals surface area contributed by atoms with E-state index >= 15 is 0 Å². The molecule has 0 atom stereocenters. The number of halogens is 1. The molecule has 1 rings (SSSR count). The van der Waals surface area contributed by atoms with E-state index in [0.717, 1.165) is 27.5 Å². The minimum atomic E-state index is -0.0361. The van der Waals surface area contributed by atoms with E-state index < -0.39 is 0 Å². The van der Waals surface area contributed by atoms with Crippen molar-refractivity contribution in [2.24, 2.45) is 0 Å². The zero-order valence-corrected chi connectivity index (χ0v) is 11.5. The Bertz CT molecular complexity index is 366. The average Bonchev–Trinajstić information content (AvgIpc) is 2.28. The van der Waals surface area contributed by atoms with Crippen LogP contribution in [0.15, 0.2) is 18.2 Å². The van der Waals surface area contributed by atoms with Gasteiger partial charge in [0, 0.05) is 16.7 Å². The van der Waals surface area contributed by atoms with Crippen molar-refractivity contribution in [1.29, 1.82) is 0 Å². The lowest BCUT2D eigenvalue weighted by molar-refractivity contribution is 0.0951. The first kappa shape index (κ1) is 13.4. The third-order valence-electron chi connectivity index (χ3n) is 2.31. The molecule has 0 unspecified atom stereocenters. The first-order chi connectivity index (χ1) is 7.66. The topological polar surface area (TPSA) is 49.3 Å². The number of aryl methyl sites for hydroxylation is 1. The molecule has 88 valence electrons. The quantitative estimate of drug-likeness (QED) is 0.640. The number of aliphatic hydroxyl groups excluding tert-OH is 1. The van der Waals surface area contributed by atoms with Crippen LogP contribution in [0.25, 0.3) is 0 Å². The van der Waals surface area contributed by atoms with Crippen LogP contribution < -0.4 is 5.32 Å². The van der Waals surface area contributed by atoms with Gasteiger partial charge in [0.15, 0.2) is 0 Å². The molecular weight excluding hydrogens is 317 g/mol. The van der Waals surface area contributed by atoms with E-state index in [1.54, 1.807) is 0 Å². The molecule has 0 bridgehead atoms. The summed E-state index contributed by atoms with van der Waals surface area (Å²) in [5.74, 6) is -0.0361. The fourth-order valence-electron chi connectivity index (χ4n) is 1.36. The van der Waals surface area contributed by atoms with Gasteiger partial charge in [-0.3, -0.25) is 4.79 Å². The molecule has 1 amide bonds. The lowest BCUT2D eigenvalue weighted by Gasteiger charge is -2.08. The van der Waals surface area contributed by atoms with Crippen molar-refractivity contribution in [1.82, 2.24) is 5.32 Å². The normalized spacial score (nSPS) is 10.2. The molecule has 0 radical (unpaired) electrons. The van der Waals surface area contributed by atoms with Crippen LogP contribution in [0.4, 0.5) is 0 Å². The number of amides is 1. The summed E-state index contributed by atoms with van der Waals surface area (Å²) in [7, 11) is 0. The minimum Gasteiger partial charge on any atom is -0.396 e. The second kappa shape index (κ2) is 6.85. The van der Waals surface area contributed by atoms with Crippen molar-refractivity contribution in [2.45, 2.75) is 19.8 Å². The van der Waals surface area contributed by atoms with Crippen LogP contribution in [-0.4, -0.2) is 24.2 Å². The van der Waals surface area contributed by atoms with Gasteiger partial charge in [0.05, 0.1) is 5.56 Å². The van der Waals surface area contributed by atoms with Gasteiger partial charge in [-0.25, -0.2) is 0 Å². The van der Waals surface area contributed by atoms with Crippen LogP contribution in [-0.2, 0) is 0 Å². The first-order valence-corrected chi connectivity index (χ1v) is 6.39. The van der Waals surface area contributed by atoms with E-state index in [2.05, 4.69) is 27.9 Å². The van der Waals surface area contributed by atoms with E-state index in [1.165, 1.54) is 0 Å². The summed E-state index contributed by atoms with van der Waals surface area (Å²) in [6, 6.07) is 5.71. The van der Waals surface area contributed by atoms with E-state index in [-0.39, 0.29) is 12.5 Å². The number of unbranched alkanes of at least 4 members (excludes halogenated alkanes) is 1. The molecule has 0 spiro atoms. The molecule has 1 aromatic rings. The summed E-state index contributed by atoms with van der Waals surface area (Å²) >= 11 is 2.19. The Morgan fingerprint density at radius 1 is 1.44 bits per heavy atom. The lowest BCUT2D eigenvalue weighted by Crippen LogP contribution is -2.25. The Morgan fingerprint density at radius 3 is 2.88 bits per heavy atom. The number of benzene rings is 1. The summed E-state index contributed by atoms with van der Waals surface area (Å²) in [6.45, 7) is 2.78. The molecule has 1 aromatic carbocycles. The number of carbonyl (C=O) groups excluding carboxylic acids is 1. The largest absolute Gasteiger partial charge is 0.396 e. The number of rotatable bonds is 5.